The van der Waals surface area contributed by atoms with Crippen molar-refractivity contribution in [1.29, 1.82) is 0 Å². The fraction of sp³-hybridized carbons (Fsp3) is 0.158. The van der Waals surface area contributed by atoms with E-state index in [0.717, 1.165) is 11.3 Å². The predicted molar refractivity (Wildman–Crippen MR) is 98.0 cm³/mol. The van der Waals surface area contributed by atoms with Gasteiger partial charge in [0.25, 0.3) is 0 Å². The summed E-state index contributed by atoms with van der Waals surface area (Å²) in [6.45, 7) is 4.18. The highest BCUT2D eigenvalue weighted by Gasteiger charge is 2.20. The molecule has 5 heteroatoms. The third-order valence-electron chi connectivity index (χ3n) is 3.44. The van der Waals surface area contributed by atoms with Gasteiger partial charge in [-0.2, -0.15) is 0 Å². The van der Waals surface area contributed by atoms with Gasteiger partial charge in [-0.15, -0.1) is 0 Å². The summed E-state index contributed by atoms with van der Waals surface area (Å²) in [5, 5.41) is 3.93. The number of carbonyl (C=O) groups excluding carboxylic acids is 1. The summed E-state index contributed by atoms with van der Waals surface area (Å²) in [5.41, 5.74) is 3.67. The molecule has 0 saturated carbocycles. The number of rotatable bonds is 5. The van der Waals surface area contributed by atoms with Crippen molar-refractivity contribution < 1.29 is 9.53 Å². The van der Waals surface area contributed by atoms with E-state index in [1.807, 2.05) is 61.5 Å². The second kappa shape index (κ2) is 7.27. The first-order chi connectivity index (χ1) is 11.7. The Morgan fingerprint density at radius 1 is 1.12 bits per heavy atom. The maximum absolute atomic E-state index is 12.3. The number of hydrogen-bond donors (Lipinski definition) is 1. The molecule has 3 rings (SSSR count). The van der Waals surface area contributed by atoms with Crippen molar-refractivity contribution in [2.24, 2.45) is 0 Å². The van der Waals surface area contributed by atoms with Gasteiger partial charge in [-0.05, 0) is 26.0 Å². The highest BCUT2D eigenvalue weighted by molar-refractivity contribution is 7.18. The van der Waals surface area contributed by atoms with E-state index in [1.165, 1.54) is 16.9 Å². The molecule has 24 heavy (non-hydrogen) atoms. The highest BCUT2D eigenvalue weighted by Crippen LogP contribution is 2.33. The average Bonchev–Trinajstić information content (AvgIpc) is 3.02. The quantitative estimate of drug-likeness (QED) is 0.662. The van der Waals surface area contributed by atoms with Crippen LogP contribution in [0.5, 0.6) is 0 Å². The lowest BCUT2D eigenvalue weighted by molar-refractivity contribution is 0.0532. The Balaban J connectivity index is 1.96. The van der Waals surface area contributed by atoms with Gasteiger partial charge >= 0.3 is 5.97 Å². The molecule has 0 spiro atoms. The Labute approximate surface area is 145 Å². The summed E-state index contributed by atoms with van der Waals surface area (Å²) in [6.07, 6.45) is 0. The Morgan fingerprint density at radius 3 is 2.50 bits per heavy atom. The zero-order valence-electron chi connectivity index (χ0n) is 13.6. The first-order valence-electron chi connectivity index (χ1n) is 7.74. The third kappa shape index (κ3) is 3.63. The fourth-order valence-electron chi connectivity index (χ4n) is 2.26. The molecule has 1 N–H and O–H groups in total. The van der Waals surface area contributed by atoms with E-state index in [2.05, 4.69) is 10.3 Å². The number of esters is 1. The molecule has 4 nitrogen and oxygen atoms in total. The molecule has 0 unspecified atom stereocenters. The summed E-state index contributed by atoms with van der Waals surface area (Å²) >= 11 is 1.30. The molecule has 0 radical (unpaired) electrons. The number of ether oxygens (including phenoxy) is 1. The Bertz CT molecular complexity index is 826. The number of benzene rings is 2. The van der Waals surface area contributed by atoms with Gasteiger partial charge in [-0.25, -0.2) is 9.78 Å². The van der Waals surface area contributed by atoms with Crippen LogP contribution in [0.4, 0.5) is 10.8 Å². The van der Waals surface area contributed by atoms with Crippen LogP contribution in [0.1, 0.15) is 22.2 Å². The molecule has 0 aliphatic carbocycles. The maximum Gasteiger partial charge on any atom is 0.350 e. The number of aryl methyl sites for hydroxylation is 1. The van der Waals surface area contributed by atoms with Crippen molar-refractivity contribution in [3.63, 3.8) is 0 Å². The maximum atomic E-state index is 12.3. The Morgan fingerprint density at radius 2 is 1.83 bits per heavy atom. The van der Waals surface area contributed by atoms with Crippen LogP contribution in [0, 0.1) is 6.92 Å². The number of hydrogen-bond acceptors (Lipinski definition) is 5. The van der Waals surface area contributed by atoms with Gasteiger partial charge < -0.3 is 10.1 Å². The van der Waals surface area contributed by atoms with E-state index < -0.39 is 0 Å². The summed E-state index contributed by atoms with van der Waals surface area (Å²) in [5.74, 6) is -0.342. The molecule has 0 saturated heterocycles. The highest BCUT2D eigenvalue weighted by atomic mass is 32.1. The van der Waals surface area contributed by atoms with Crippen molar-refractivity contribution in [3.8, 4) is 11.3 Å². The van der Waals surface area contributed by atoms with Crippen molar-refractivity contribution in [2.45, 2.75) is 13.8 Å². The molecule has 0 fully saturated rings. The SMILES string of the molecule is CCOC(=O)c1sc(Nc2ccc(C)cc2)nc1-c1ccccc1. The minimum Gasteiger partial charge on any atom is -0.462 e. The largest absolute Gasteiger partial charge is 0.462 e. The van der Waals surface area contributed by atoms with Crippen LogP contribution in [0.25, 0.3) is 11.3 Å². The number of carbonyl (C=O) groups is 1. The Kier molecular flexibility index (Phi) is 4.91. The van der Waals surface area contributed by atoms with Gasteiger partial charge in [0.05, 0.1) is 12.3 Å². The van der Waals surface area contributed by atoms with E-state index in [1.54, 1.807) is 6.92 Å². The van der Waals surface area contributed by atoms with Crippen molar-refractivity contribution in [1.82, 2.24) is 4.98 Å². The molecule has 0 aliphatic heterocycles. The first-order valence-corrected chi connectivity index (χ1v) is 8.56. The standard InChI is InChI=1S/C19H18N2O2S/c1-3-23-18(22)17-16(14-7-5-4-6-8-14)21-19(24-17)20-15-11-9-13(2)10-12-15/h4-12H,3H2,1-2H3,(H,20,21). The lowest BCUT2D eigenvalue weighted by atomic mass is 10.1. The monoisotopic (exact) mass is 338 g/mol. The number of aromatic nitrogens is 1. The molecule has 0 aliphatic rings. The zero-order chi connectivity index (χ0) is 16.9. The normalized spacial score (nSPS) is 10.4. The summed E-state index contributed by atoms with van der Waals surface area (Å²) in [6, 6.07) is 17.7. The first kappa shape index (κ1) is 16.2. The van der Waals surface area contributed by atoms with Crippen LogP contribution in [0.2, 0.25) is 0 Å². The van der Waals surface area contributed by atoms with E-state index >= 15 is 0 Å². The molecular weight excluding hydrogens is 320 g/mol. The number of nitrogens with zero attached hydrogens (tertiary/aromatic N) is 1. The van der Waals surface area contributed by atoms with Crippen molar-refractivity contribution in [2.75, 3.05) is 11.9 Å². The summed E-state index contributed by atoms with van der Waals surface area (Å²) in [7, 11) is 0. The van der Waals surface area contributed by atoms with Crippen LogP contribution >= 0.6 is 11.3 Å². The van der Waals surface area contributed by atoms with E-state index in [0.29, 0.717) is 22.3 Å². The topological polar surface area (TPSA) is 51.2 Å². The van der Waals surface area contributed by atoms with Gasteiger partial charge in [-0.3, -0.25) is 0 Å². The summed E-state index contributed by atoms with van der Waals surface area (Å²) in [4.78, 5) is 17.4. The van der Waals surface area contributed by atoms with Crippen molar-refractivity contribution >= 4 is 28.1 Å². The van der Waals surface area contributed by atoms with Gasteiger partial charge in [0.1, 0.15) is 4.88 Å². The molecule has 2 aromatic carbocycles. The number of thiazole rings is 1. The molecule has 1 aromatic heterocycles. The molecule has 0 atom stereocenters. The molecule has 1 heterocycles. The molecule has 0 amide bonds. The number of anilines is 2. The minimum absolute atomic E-state index is 0.339. The molecule has 3 aromatic rings. The average molecular weight is 338 g/mol. The van der Waals surface area contributed by atoms with Crippen LogP contribution in [0.3, 0.4) is 0 Å². The number of nitrogens with one attached hydrogen (secondary N) is 1. The predicted octanol–water partition coefficient (Wildman–Crippen LogP) is 5.04. The summed E-state index contributed by atoms with van der Waals surface area (Å²) < 4.78 is 5.17. The Hall–Kier alpha value is -2.66. The molecular formula is C19H18N2O2S. The lowest BCUT2D eigenvalue weighted by Crippen LogP contribution is -2.03. The van der Waals surface area contributed by atoms with E-state index in [4.69, 9.17) is 4.74 Å². The van der Waals surface area contributed by atoms with Crippen molar-refractivity contribution in [3.05, 3.63) is 65.0 Å². The second-order valence-corrected chi connectivity index (χ2v) is 6.27. The minimum atomic E-state index is -0.342. The molecule has 122 valence electrons. The van der Waals surface area contributed by atoms with Gasteiger partial charge in [0, 0.05) is 11.3 Å². The van der Waals surface area contributed by atoms with Gasteiger partial charge in [0.2, 0.25) is 0 Å². The second-order valence-electron chi connectivity index (χ2n) is 5.27. The molecule has 0 bridgehead atoms. The van der Waals surface area contributed by atoms with Gasteiger partial charge in [0.15, 0.2) is 5.13 Å². The van der Waals surface area contributed by atoms with Crippen LogP contribution in [0.15, 0.2) is 54.6 Å². The third-order valence-corrected chi connectivity index (χ3v) is 4.39. The van der Waals surface area contributed by atoms with Crippen LogP contribution in [-0.2, 0) is 4.74 Å². The van der Waals surface area contributed by atoms with Crippen LogP contribution in [-0.4, -0.2) is 17.6 Å². The van der Waals surface area contributed by atoms with E-state index in [9.17, 15) is 4.79 Å². The smallest absolute Gasteiger partial charge is 0.350 e. The van der Waals surface area contributed by atoms with Crippen LogP contribution < -0.4 is 5.32 Å². The zero-order valence-corrected chi connectivity index (χ0v) is 14.4. The van der Waals surface area contributed by atoms with Gasteiger partial charge in [-0.1, -0.05) is 59.4 Å². The van der Waals surface area contributed by atoms with E-state index in [-0.39, 0.29) is 5.97 Å². The lowest BCUT2D eigenvalue weighted by Gasteiger charge is -2.02. The fourth-order valence-corrected chi connectivity index (χ4v) is 3.16.